The number of amides is 1. The molecule has 2 N–H and O–H groups in total. The van der Waals surface area contributed by atoms with Gasteiger partial charge < -0.3 is 20.3 Å². The molecule has 1 heterocycles. The molecule has 2 aromatic rings. The van der Waals surface area contributed by atoms with Crippen molar-refractivity contribution in [3.63, 3.8) is 0 Å². The van der Waals surface area contributed by atoms with Gasteiger partial charge in [0, 0.05) is 38.6 Å². The Balaban J connectivity index is 0.00000272. The van der Waals surface area contributed by atoms with E-state index in [1.54, 1.807) is 14.2 Å². The third kappa shape index (κ3) is 5.81. The van der Waals surface area contributed by atoms with Crippen LogP contribution in [0.5, 0.6) is 5.75 Å². The lowest BCUT2D eigenvalue weighted by Gasteiger charge is -2.21. The van der Waals surface area contributed by atoms with Crippen molar-refractivity contribution < 1.29 is 9.53 Å². The van der Waals surface area contributed by atoms with E-state index in [0.29, 0.717) is 12.5 Å². The number of likely N-dealkylation sites (tertiary alicyclic amines) is 1. The molecule has 6 nitrogen and oxygen atoms in total. The predicted octanol–water partition coefficient (Wildman–Crippen LogP) is 3.92. The SMILES string of the molecule is CN=C(NCc1ccc2cc(OC)ccc2c1)NC1CCN(C(=O)C2CCCC2)C1.I. The second-order valence-electron chi connectivity index (χ2n) is 8.37. The minimum Gasteiger partial charge on any atom is -0.497 e. The molecule has 0 bridgehead atoms. The number of nitrogens with one attached hydrogen (secondary N) is 2. The number of ether oxygens (including phenoxy) is 1. The lowest BCUT2D eigenvalue weighted by atomic mass is 10.1. The van der Waals surface area contributed by atoms with Crippen molar-refractivity contribution >= 4 is 46.6 Å². The molecule has 168 valence electrons. The van der Waals surface area contributed by atoms with E-state index < -0.39 is 0 Å². The van der Waals surface area contributed by atoms with Crippen LogP contribution in [-0.4, -0.2) is 50.1 Å². The summed E-state index contributed by atoms with van der Waals surface area (Å²) < 4.78 is 5.30. The minimum absolute atomic E-state index is 0. The zero-order chi connectivity index (χ0) is 20.9. The van der Waals surface area contributed by atoms with Crippen LogP contribution in [0.25, 0.3) is 10.8 Å². The van der Waals surface area contributed by atoms with Crippen LogP contribution in [0.1, 0.15) is 37.7 Å². The molecule has 1 saturated carbocycles. The van der Waals surface area contributed by atoms with Crippen LogP contribution in [0, 0.1) is 5.92 Å². The van der Waals surface area contributed by atoms with E-state index in [4.69, 9.17) is 4.74 Å². The molecule has 1 aliphatic carbocycles. The molecular formula is C24H33IN4O2. The summed E-state index contributed by atoms with van der Waals surface area (Å²) in [5.41, 5.74) is 1.19. The number of carbonyl (C=O) groups excluding carboxylic acids is 1. The van der Waals surface area contributed by atoms with Crippen molar-refractivity contribution in [1.82, 2.24) is 15.5 Å². The molecule has 2 aliphatic rings. The van der Waals surface area contributed by atoms with Gasteiger partial charge in [-0.2, -0.15) is 0 Å². The first-order valence-electron chi connectivity index (χ1n) is 11.0. The largest absolute Gasteiger partial charge is 0.497 e. The van der Waals surface area contributed by atoms with E-state index in [1.807, 2.05) is 17.0 Å². The monoisotopic (exact) mass is 536 g/mol. The summed E-state index contributed by atoms with van der Waals surface area (Å²) in [6.07, 6.45) is 5.50. The van der Waals surface area contributed by atoms with Gasteiger partial charge in [-0.3, -0.25) is 9.79 Å². The van der Waals surface area contributed by atoms with Crippen molar-refractivity contribution in [3.8, 4) is 5.75 Å². The van der Waals surface area contributed by atoms with Gasteiger partial charge in [0.25, 0.3) is 0 Å². The number of methoxy groups -OCH3 is 1. The van der Waals surface area contributed by atoms with Crippen molar-refractivity contribution in [2.75, 3.05) is 27.2 Å². The van der Waals surface area contributed by atoms with Crippen LogP contribution < -0.4 is 15.4 Å². The number of rotatable bonds is 5. The first kappa shape index (κ1) is 23.6. The molecule has 7 heteroatoms. The van der Waals surface area contributed by atoms with E-state index >= 15 is 0 Å². The normalized spacial score (nSPS) is 19.4. The average Bonchev–Trinajstić information content (AvgIpc) is 3.48. The zero-order valence-electron chi connectivity index (χ0n) is 18.4. The average molecular weight is 536 g/mol. The Morgan fingerprint density at radius 2 is 1.87 bits per heavy atom. The number of fused-ring (bicyclic) bond motifs is 1. The molecule has 1 saturated heterocycles. The second kappa shape index (κ2) is 11.0. The van der Waals surface area contributed by atoms with Crippen LogP contribution >= 0.6 is 24.0 Å². The van der Waals surface area contributed by atoms with E-state index in [-0.39, 0.29) is 35.9 Å². The third-order valence-corrected chi connectivity index (χ3v) is 6.34. The van der Waals surface area contributed by atoms with E-state index in [1.165, 1.54) is 29.2 Å². The van der Waals surface area contributed by atoms with Crippen LogP contribution in [0.15, 0.2) is 41.4 Å². The molecule has 1 unspecified atom stereocenters. The maximum absolute atomic E-state index is 12.7. The number of halogens is 1. The summed E-state index contributed by atoms with van der Waals surface area (Å²) in [6.45, 7) is 2.31. The fraction of sp³-hybridized carbons (Fsp3) is 0.500. The zero-order valence-corrected chi connectivity index (χ0v) is 20.7. The molecule has 31 heavy (non-hydrogen) atoms. The quantitative estimate of drug-likeness (QED) is 0.346. The van der Waals surface area contributed by atoms with Crippen LogP contribution in [0.4, 0.5) is 0 Å². The summed E-state index contributed by atoms with van der Waals surface area (Å²) in [4.78, 5) is 19.1. The van der Waals surface area contributed by atoms with Crippen molar-refractivity contribution in [1.29, 1.82) is 0 Å². The predicted molar refractivity (Wildman–Crippen MR) is 136 cm³/mol. The van der Waals surface area contributed by atoms with E-state index in [0.717, 1.165) is 44.1 Å². The Bertz CT molecular complexity index is 927. The molecule has 2 aromatic carbocycles. The topological polar surface area (TPSA) is 66.0 Å². The molecular weight excluding hydrogens is 503 g/mol. The van der Waals surface area contributed by atoms with Crippen molar-refractivity contribution in [2.24, 2.45) is 10.9 Å². The Labute approximate surface area is 201 Å². The van der Waals surface area contributed by atoms with Gasteiger partial charge in [0.1, 0.15) is 5.75 Å². The Hall–Kier alpha value is -2.03. The molecule has 1 aliphatic heterocycles. The highest BCUT2D eigenvalue weighted by molar-refractivity contribution is 14.0. The lowest BCUT2D eigenvalue weighted by Crippen LogP contribution is -2.45. The van der Waals surface area contributed by atoms with Gasteiger partial charge in [-0.05, 0) is 53.8 Å². The first-order chi connectivity index (χ1) is 14.7. The van der Waals surface area contributed by atoms with Crippen LogP contribution in [-0.2, 0) is 11.3 Å². The van der Waals surface area contributed by atoms with Gasteiger partial charge in [-0.25, -0.2) is 0 Å². The van der Waals surface area contributed by atoms with Gasteiger partial charge in [-0.1, -0.05) is 31.0 Å². The minimum atomic E-state index is 0. The van der Waals surface area contributed by atoms with E-state index in [9.17, 15) is 4.79 Å². The van der Waals surface area contributed by atoms with Crippen LogP contribution in [0.3, 0.4) is 0 Å². The number of aliphatic imine (C=N–C) groups is 1. The fourth-order valence-corrected chi connectivity index (χ4v) is 4.59. The van der Waals surface area contributed by atoms with E-state index in [2.05, 4.69) is 39.9 Å². The summed E-state index contributed by atoms with van der Waals surface area (Å²) in [5.74, 6) is 2.27. The number of nitrogens with zero attached hydrogens (tertiary/aromatic N) is 2. The van der Waals surface area contributed by atoms with Crippen molar-refractivity contribution in [2.45, 2.75) is 44.7 Å². The number of benzene rings is 2. The Morgan fingerprint density at radius 3 is 2.61 bits per heavy atom. The molecule has 1 atom stereocenters. The first-order valence-corrected chi connectivity index (χ1v) is 11.0. The second-order valence-corrected chi connectivity index (χ2v) is 8.37. The molecule has 1 amide bonds. The number of hydrogen-bond donors (Lipinski definition) is 2. The fourth-order valence-electron chi connectivity index (χ4n) is 4.59. The molecule has 2 fully saturated rings. The van der Waals surface area contributed by atoms with Gasteiger partial charge in [0.2, 0.25) is 5.91 Å². The third-order valence-electron chi connectivity index (χ3n) is 6.34. The van der Waals surface area contributed by atoms with Gasteiger partial charge in [0.15, 0.2) is 5.96 Å². The molecule has 4 rings (SSSR count). The maximum Gasteiger partial charge on any atom is 0.225 e. The maximum atomic E-state index is 12.7. The number of hydrogen-bond acceptors (Lipinski definition) is 3. The van der Waals surface area contributed by atoms with Gasteiger partial charge >= 0.3 is 0 Å². The Morgan fingerprint density at radius 1 is 1.13 bits per heavy atom. The summed E-state index contributed by atoms with van der Waals surface area (Å²) in [6, 6.07) is 12.8. The van der Waals surface area contributed by atoms with Crippen molar-refractivity contribution in [3.05, 3.63) is 42.0 Å². The molecule has 0 spiro atoms. The summed E-state index contributed by atoms with van der Waals surface area (Å²) in [7, 11) is 3.48. The summed E-state index contributed by atoms with van der Waals surface area (Å²) >= 11 is 0. The highest BCUT2D eigenvalue weighted by Gasteiger charge is 2.32. The number of guanidine groups is 1. The molecule has 0 aromatic heterocycles. The Kier molecular flexibility index (Phi) is 8.40. The smallest absolute Gasteiger partial charge is 0.225 e. The lowest BCUT2D eigenvalue weighted by molar-refractivity contribution is -0.134. The number of carbonyl (C=O) groups is 1. The molecule has 0 radical (unpaired) electrons. The van der Waals surface area contributed by atoms with Crippen LogP contribution in [0.2, 0.25) is 0 Å². The summed E-state index contributed by atoms with van der Waals surface area (Å²) in [5, 5.41) is 9.26. The highest BCUT2D eigenvalue weighted by atomic mass is 127. The highest BCUT2D eigenvalue weighted by Crippen LogP contribution is 2.28. The standard InChI is InChI=1S/C24H32N4O2.HI/c1-25-24(27-21-11-12-28(16-21)23(29)18-5-3-4-6-18)26-15-17-7-8-20-14-22(30-2)10-9-19(20)13-17;/h7-10,13-14,18,21H,3-6,11-12,15-16H2,1-2H3,(H2,25,26,27);1H. The van der Waals surface area contributed by atoms with Gasteiger partial charge in [0.05, 0.1) is 7.11 Å². The van der Waals surface area contributed by atoms with Gasteiger partial charge in [-0.15, -0.1) is 24.0 Å².